The molecule has 1 fully saturated rings. The lowest BCUT2D eigenvalue weighted by Crippen LogP contribution is -2.47. The summed E-state index contributed by atoms with van der Waals surface area (Å²) in [6, 6.07) is 15.5. The van der Waals surface area contributed by atoms with Crippen LogP contribution in [-0.4, -0.2) is 73.0 Å². The highest BCUT2D eigenvalue weighted by molar-refractivity contribution is 5.82. The fourth-order valence-electron chi connectivity index (χ4n) is 4.52. The number of aliphatic hydroxyl groups excluding tert-OH is 1. The predicted octanol–water partition coefficient (Wildman–Crippen LogP) is 1.39. The summed E-state index contributed by atoms with van der Waals surface area (Å²) in [4.78, 5) is 24.1. The normalized spacial score (nSPS) is 19.1. The van der Waals surface area contributed by atoms with Crippen molar-refractivity contribution in [3.63, 3.8) is 0 Å². The van der Waals surface area contributed by atoms with Gasteiger partial charge in [-0.15, -0.1) is 0 Å². The molecule has 1 amide bonds. The fourth-order valence-corrected chi connectivity index (χ4v) is 4.52. The molecule has 6 bridgehead atoms. The van der Waals surface area contributed by atoms with Crippen LogP contribution in [0, 0.1) is 0 Å². The van der Waals surface area contributed by atoms with Gasteiger partial charge >= 0.3 is 0 Å². The Morgan fingerprint density at radius 1 is 1.03 bits per heavy atom. The van der Waals surface area contributed by atoms with Crippen LogP contribution in [0.15, 0.2) is 54.7 Å². The first kappa shape index (κ1) is 25.1. The van der Waals surface area contributed by atoms with Gasteiger partial charge in [-0.25, -0.2) is 9.97 Å². The summed E-state index contributed by atoms with van der Waals surface area (Å²) in [6.07, 6.45) is 1.75. The maximum Gasteiger partial charge on any atom is 0.239 e. The number of ether oxygens (including phenoxy) is 1. The SMILES string of the molecule is O=C1NCCNCc2ccc(cc2)-c2ccnc(n2)Nc2ccc(N3CCOCC3)c(c2)CN[C@H]1CO. The molecule has 5 N–H and O–H groups in total. The topological polar surface area (TPSA) is 124 Å². The van der Waals surface area contributed by atoms with E-state index in [-0.39, 0.29) is 12.5 Å². The Hall–Kier alpha value is -3.57. The van der Waals surface area contributed by atoms with Gasteiger partial charge < -0.3 is 30.7 Å². The van der Waals surface area contributed by atoms with Gasteiger partial charge in [-0.3, -0.25) is 10.1 Å². The number of morpholine rings is 1. The van der Waals surface area contributed by atoms with E-state index in [1.165, 1.54) is 0 Å². The smallest absolute Gasteiger partial charge is 0.239 e. The molecule has 0 radical (unpaired) electrons. The Morgan fingerprint density at radius 2 is 1.86 bits per heavy atom. The van der Waals surface area contributed by atoms with Crippen LogP contribution in [0.25, 0.3) is 11.3 Å². The molecule has 37 heavy (non-hydrogen) atoms. The minimum atomic E-state index is -0.715. The molecule has 3 aliphatic heterocycles. The molecular formula is C27H33N7O3. The van der Waals surface area contributed by atoms with E-state index in [1.54, 1.807) is 6.20 Å². The molecule has 4 heterocycles. The van der Waals surface area contributed by atoms with Gasteiger partial charge in [0.1, 0.15) is 6.04 Å². The second-order valence-electron chi connectivity index (χ2n) is 9.11. The zero-order chi connectivity index (χ0) is 25.5. The van der Waals surface area contributed by atoms with Crippen LogP contribution in [-0.2, 0) is 22.6 Å². The van der Waals surface area contributed by atoms with Gasteiger partial charge in [-0.05, 0) is 35.4 Å². The van der Waals surface area contributed by atoms with E-state index in [0.29, 0.717) is 45.3 Å². The highest BCUT2D eigenvalue weighted by Crippen LogP contribution is 2.27. The molecule has 3 aliphatic rings. The van der Waals surface area contributed by atoms with E-state index in [1.807, 2.05) is 18.2 Å². The molecule has 3 aromatic rings. The summed E-state index contributed by atoms with van der Waals surface area (Å²) in [7, 11) is 0. The molecule has 10 nitrogen and oxygen atoms in total. The Morgan fingerprint density at radius 3 is 2.68 bits per heavy atom. The van der Waals surface area contributed by atoms with Gasteiger partial charge in [0, 0.05) is 62.4 Å². The number of nitrogens with one attached hydrogen (secondary N) is 4. The minimum absolute atomic E-state index is 0.226. The van der Waals surface area contributed by atoms with Crippen LogP contribution in [0.4, 0.5) is 17.3 Å². The van der Waals surface area contributed by atoms with Crippen molar-refractivity contribution in [2.45, 2.75) is 19.1 Å². The molecule has 2 aromatic carbocycles. The zero-order valence-corrected chi connectivity index (χ0v) is 20.7. The van der Waals surface area contributed by atoms with Gasteiger partial charge in [0.25, 0.3) is 0 Å². The summed E-state index contributed by atoms with van der Waals surface area (Å²) >= 11 is 0. The van der Waals surface area contributed by atoms with Crippen molar-refractivity contribution in [1.82, 2.24) is 25.9 Å². The standard InChI is InChI=1S/C27H33N7O3/c35-18-24-26(36)29-10-9-28-16-19-1-3-20(4-2-19)23-7-8-30-27(33-23)32-22-5-6-25(21(15-22)17-31-24)34-11-13-37-14-12-34/h1-8,15,24,28,31,35H,9-14,16-18H2,(H,29,36)(H,30,32,33)/t24-/m0/s1. The number of aliphatic hydroxyl groups is 1. The summed E-state index contributed by atoms with van der Waals surface area (Å²) in [6.45, 7) is 4.82. The van der Waals surface area contributed by atoms with Crippen LogP contribution in [0.5, 0.6) is 0 Å². The Balaban J connectivity index is 1.46. The average molecular weight is 504 g/mol. The molecule has 0 spiro atoms. The van der Waals surface area contributed by atoms with Crippen molar-refractivity contribution >= 4 is 23.2 Å². The second-order valence-corrected chi connectivity index (χ2v) is 9.11. The van der Waals surface area contributed by atoms with Crippen molar-refractivity contribution in [3.8, 4) is 11.3 Å². The number of carbonyl (C=O) groups is 1. The lowest BCUT2D eigenvalue weighted by molar-refractivity contribution is -0.124. The number of benzene rings is 2. The second kappa shape index (κ2) is 12.1. The molecule has 0 aliphatic carbocycles. The number of amides is 1. The maximum atomic E-state index is 12.7. The predicted molar refractivity (Wildman–Crippen MR) is 143 cm³/mol. The number of carbonyl (C=O) groups excluding carboxylic acids is 1. The van der Waals surface area contributed by atoms with Crippen molar-refractivity contribution in [2.75, 3.05) is 56.2 Å². The van der Waals surface area contributed by atoms with Gasteiger partial charge in [0.15, 0.2) is 0 Å². The molecule has 1 aromatic heterocycles. The molecular weight excluding hydrogens is 470 g/mol. The average Bonchev–Trinajstić information content (AvgIpc) is 2.94. The molecule has 194 valence electrons. The van der Waals surface area contributed by atoms with Crippen LogP contribution >= 0.6 is 0 Å². The third-order valence-corrected chi connectivity index (χ3v) is 6.56. The molecule has 6 rings (SSSR count). The number of hydrogen-bond donors (Lipinski definition) is 5. The van der Waals surface area contributed by atoms with E-state index >= 15 is 0 Å². The van der Waals surface area contributed by atoms with Gasteiger partial charge in [-0.1, -0.05) is 24.3 Å². The number of hydrogen-bond acceptors (Lipinski definition) is 9. The largest absolute Gasteiger partial charge is 0.394 e. The minimum Gasteiger partial charge on any atom is -0.394 e. The van der Waals surface area contributed by atoms with E-state index in [2.05, 4.69) is 61.5 Å². The van der Waals surface area contributed by atoms with Crippen LogP contribution in [0.3, 0.4) is 0 Å². The lowest BCUT2D eigenvalue weighted by atomic mass is 10.1. The monoisotopic (exact) mass is 503 g/mol. The first-order valence-electron chi connectivity index (χ1n) is 12.7. The van der Waals surface area contributed by atoms with Crippen molar-refractivity contribution in [2.24, 2.45) is 0 Å². The molecule has 1 atom stereocenters. The van der Waals surface area contributed by atoms with Gasteiger partial charge in [0.2, 0.25) is 11.9 Å². The van der Waals surface area contributed by atoms with Crippen LogP contribution in [0.2, 0.25) is 0 Å². The Bertz CT molecular complexity index is 1200. The van der Waals surface area contributed by atoms with Crippen molar-refractivity contribution in [1.29, 1.82) is 0 Å². The fraction of sp³-hybridized carbons (Fsp3) is 0.370. The van der Waals surface area contributed by atoms with E-state index < -0.39 is 6.04 Å². The molecule has 0 saturated carbocycles. The first-order chi connectivity index (χ1) is 18.2. The van der Waals surface area contributed by atoms with E-state index in [4.69, 9.17) is 9.72 Å². The quantitative estimate of drug-likeness (QED) is 0.330. The molecule has 10 heteroatoms. The first-order valence-corrected chi connectivity index (χ1v) is 12.7. The Kier molecular flexibility index (Phi) is 8.21. The maximum absolute atomic E-state index is 12.7. The summed E-state index contributed by atoms with van der Waals surface area (Å²) in [5, 5.41) is 22.7. The number of nitrogens with zero attached hydrogens (tertiary/aromatic N) is 3. The number of anilines is 3. The third-order valence-electron chi connectivity index (χ3n) is 6.56. The highest BCUT2D eigenvalue weighted by atomic mass is 16.5. The summed E-state index contributed by atoms with van der Waals surface area (Å²) in [5.74, 6) is 0.277. The van der Waals surface area contributed by atoms with Gasteiger partial charge in [-0.2, -0.15) is 0 Å². The Labute approximate surface area is 216 Å². The number of aromatic nitrogens is 2. The zero-order valence-electron chi connectivity index (χ0n) is 20.7. The highest BCUT2D eigenvalue weighted by Gasteiger charge is 2.20. The lowest BCUT2D eigenvalue weighted by Gasteiger charge is -2.31. The van der Waals surface area contributed by atoms with Crippen molar-refractivity contribution in [3.05, 3.63) is 65.9 Å². The van der Waals surface area contributed by atoms with Crippen LogP contribution in [0.1, 0.15) is 11.1 Å². The van der Waals surface area contributed by atoms with Gasteiger partial charge in [0.05, 0.1) is 25.5 Å². The molecule has 1 saturated heterocycles. The number of rotatable bonds is 2. The third kappa shape index (κ3) is 6.41. The number of fused-ring (bicyclic) bond motifs is 10. The summed E-state index contributed by atoms with van der Waals surface area (Å²) in [5.41, 5.74) is 5.90. The van der Waals surface area contributed by atoms with E-state index in [9.17, 15) is 9.90 Å². The van der Waals surface area contributed by atoms with Crippen molar-refractivity contribution < 1.29 is 14.6 Å². The van der Waals surface area contributed by atoms with Crippen LogP contribution < -0.4 is 26.2 Å². The summed E-state index contributed by atoms with van der Waals surface area (Å²) < 4.78 is 5.53. The molecule has 0 unspecified atom stereocenters. The van der Waals surface area contributed by atoms with E-state index in [0.717, 1.165) is 46.8 Å².